The summed E-state index contributed by atoms with van der Waals surface area (Å²) in [4.78, 5) is 10.7. The van der Waals surface area contributed by atoms with Crippen molar-refractivity contribution in [1.29, 1.82) is 0 Å². The molecule has 4 rings (SSSR count). The predicted octanol–water partition coefficient (Wildman–Crippen LogP) is 3.63. The summed E-state index contributed by atoms with van der Waals surface area (Å²) in [5, 5.41) is 1.75. The van der Waals surface area contributed by atoms with Gasteiger partial charge >= 0.3 is 0 Å². The number of benzene rings is 1. The molecule has 3 heterocycles. The molecule has 0 saturated carbocycles. The van der Waals surface area contributed by atoms with E-state index in [0.717, 1.165) is 21.2 Å². The van der Waals surface area contributed by atoms with E-state index in [0.29, 0.717) is 27.8 Å². The molecule has 0 aliphatic heterocycles. The molecule has 0 atom stereocenters. The van der Waals surface area contributed by atoms with E-state index < -0.39 is 0 Å². The van der Waals surface area contributed by atoms with Crippen LogP contribution in [-0.4, -0.2) is 15.0 Å². The van der Waals surface area contributed by atoms with Crippen LogP contribution >= 0.6 is 23.6 Å². The topological polar surface area (TPSA) is 91.0 Å². The van der Waals surface area contributed by atoms with Crippen LogP contribution < -0.4 is 11.5 Å². The van der Waals surface area contributed by atoms with Crippen molar-refractivity contribution in [3.63, 3.8) is 0 Å². The fourth-order valence-corrected chi connectivity index (χ4v) is 3.82. The van der Waals surface area contributed by atoms with E-state index in [1.165, 1.54) is 11.3 Å². The SMILES string of the molecule is Cc1nc(-c2cc3ccccc3o2)c2c(N)c(C(N)=S)sc2n1. The summed E-state index contributed by atoms with van der Waals surface area (Å²) in [5.41, 5.74) is 14.0. The van der Waals surface area contributed by atoms with Gasteiger partial charge in [-0.25, -0.2) is 9.97 Å². The number of hydrogen-bond acceptors (Lipinski definition) is 6. The Balaban J connectivity index is 2.07. The number of aromatic nitrogens is 2. The van der Waals surface area contributed by atoms with Crippen LogP contribution in [0.1, 0.15) is 10.7 Å². The predicted molar refractivity (Wildman–Crippen MR) is 97.7 cm³/mol. The number of hydrogen-bond donors (Lipinski definition) is 2. The number of aryl methyl sites for hydroxylation is 1. The maximum absolute atomic E-state index is 6.24. The molecule has 114 valence electrons. The van der Waals surface area contributed by atoms with Gasteiger partial charge < -0.3 is 15.9 Å². The summed E-state index contributed by atoms with van der Waals surface area (Å²) in [5.74, 6) is 1.30. The molecule has 0 amide bonds. The van der Waals surface area contributed by atoms with E-state index in [2.05, 4.69) is 9.97 Å². The minimum atomic E-state index is 0.263. The third-order valence-corrected chi connectivity index (χ3v) is 5.05. The van der Waals surface area contributed by atoms with Gasteiger partial charge in [-0.1, -0.05) is 30.4 Å². The zero-order valence-electron chi connectivity index (χ0n) is 12.2. The quantitative estimate of drug-likeness (QED) is 0.542. The van der Waals surface area contributed by atoms with Gasteiger partial charge in [0.15, 0.2) is 5.76 Å². The summed E-state index contributed by atoms with van der Waals surface area (Å²) < 4.78 is 5.94. The highest BCUT2D eigenvalue weighted by molar-refractivity contribution is 7.81. The Morgan fingerprint density at radius 1 is 1.26 bits per heavy atom. The molecule has 0 radical (unpaired) electrons. The second kappa shape index (κ2) is 5.00. The van der Waals surface area contributed by atoms with Crippen LogP contribution in [-0.2, 0) is 0 Å². The van der Waals surface area contributed by atoms with Crippen molar-refractivity contribution in [3.05, 3.63) is 41.0 Å². The van der Waals surface area contributed by atoms with Gasteiger partial charge in [-0.2, -0.15) is 0 Å². The maximum Gasteiger partial charge on any atom is 0.154 e. The number of nitrogen functional groups attached to an aromatic ring is 1. The number of thiocarbonyl (C=S) groups is 1. The summed E-state index contributed by atoms with van der Waals surface area (Å²) in [6, 6.07) is 9.76. The Bertz CT molecular complexity index is 1050. The van der Waals surface area contributed by atoms with Crippen molar-refractivity contribution in [2.24, 2.45) is 5.73 Å². The first-order valence-corrected chi connectivity index (χ1v) is 8.12. The molecular weight excluding hydrogens is 328 g/mol. The normalized spacial score (nSPS) is 11.3. The molecule has 0 bridgehead atoms. The minimum Gasteiger partial charge on any atom is -0.454 e. The monoisotopic (exact) mass is 340 g/mol. The molecule has 0 unspecified atom stereocenters. The molecule has 4 aromatic rings. The molecule has 23 heavy (non-hydrogen) atoms. The Kier molecular flexibility index (Phi) is 3.07. The minimum absolute atomic E-state index is 0.263. The fraction of sp³-hybridized carbons (Fsp3) is 0.0625. The molecule has 0 aliphatic carbocycles. The molecule has 7 heteroatoms. The lowest BCUT2D eigenvalue weighted by Crippen LogP contribution is -2.09. The second-order valence-electron chi connectivity index (χ2n) is 5.16. The van der Waals surface area contributed by atoms with Crippen molar-refractivity contribution in [2.45, 2.75) is 6.92 Å². The molecule has 0 saturated heterocycles. The van der Waals surface area contributed by atoms with Gasteiger partial charge in [0, 0.05) is 5.39 Å². The van der Waals surface area contributed by atoms with Crippen LogP contribution in [0.15, 0.2) is 34.7 Å². The van der Waals surface area contributed by atoms with Crippen LogP contribution in [0.3, 0.4) is 0 Å². The summed E-state index contributed by atoms with van der Waals surface area (Å²) in [6.45, 7) is 1.84. The van der Waals surface area contributed by atoms with Crippen LogP contribution in [0, 0.1) is 6.92 Å². The number of nitrogens with zero attached hydrogens (tertiary/aromatic N) is 2. The standard InChI is InChI=1S/C16H12N4OS2/c1-7-19-13(10-6-8-4-2-3-5-9(8)21-10)11-12(17)14(15(18)22)23-16(11)20-7/h2-6H,17H2,1H3,(H2,18,22). The van der Waals surface area contributed by atoms with Gasteiger partial charge in [-0.15, -0.1) is 11.3 Å². The Morgan fingerprint density at radius 3 is 2.78 bits per heavy atom. The third kappa shape index (κ3) is 2.16. The number of nitrogens with two attached hydrogens (primary N) is 2. The number of fused-ring (bicyclic) bond motifs is 2. The molecule has 1 aromatic carbocycles. The van der Waals surface area contributed by atoms with Gasteiger partial charge in [0.25, 0.3) is 0 Å². The van der Waals surface area contributed by atoms with E-state index in [4.69, 9.17) is 28.1 Å². The second-order valence-corrected chi connectivity index (χ2v) is 6.60. The lowest BCUT2D eigenvalue weighted by atomic mass is 10.1. The molecule has 4 N–H and O–H groups in total. The number of para-hydroxylation sites is 1. The number of furan rings is 1. The highest BCUT2D eigenvalue weighted by Crippen LogP contribution is 2.39. The number of thiophene rings is 1. The lowest BCUT2D eigenvalue weighted by molar-refractivity contribution is 0.629. The Morgan fingerprint density at radius 2 is 2.04 bits per heavy atom. The first kappa shape index (κ1) is 14.1. The van der Waals surface area contributed by atoms with Crippen molar-refractivity contribution in [2.75, 3.05) is 5.73 Å². The Hall–Kier alpha value is -2.51. The van der Waals surface area contributed by atoms with Crippen molar-refractivity contribution >= 4 is 55.4 Å². The molecular formula is C16H12N4OS2. The first-order valence-electron chi connectivity index (χ1n) is 6.90. The van der Waals surface area contributed by atoms with Crippen LogP contribution in [0.2, 0.25) is 0 Å². The van der Waals surface area contributed by atoms with E-state index in [-0.39, 0.29) is 4.99 Å². The van der Waals surface area contributed by atoms with Gasteiger partial charge in [0.1, 0.15) is 26.9 Å². The molecule has 5 nitrogen and oxygen atoms in total. The molecule has 0 aliphatic rings. The van der Waals surface area contributed by atoms with Crippen LogP contribution in [0.5, 0.6) is 0 Å². The maximum atomic E-state index is 6.24. The third-order valence-electron chi connectivity index (χ3n) is 3.58. The van der Waals surface area contributed by atoms with Crippen LogP contribution in [0.4, 0.5) is 5.69 Å². The van der Waals surface area contributed by atoms with E-state index in [1.54, 1.807) is 0 Å². The smallest absolute Gasteiger partial charge is 0.154 e. The lowest BCUT2D eigenvalue weighted by Gasteiger charge is -2.02. The highest BCUT2D eigenvalue weighted by atomic mass is 32.1. The van der Waals surface area contributed by atoms with Gasteiger partial charge in [-0.05, 0) is 19.1 Å². The Labute approximate surface area is 140 Å². The molecule has 0 spiro atoms. The largest absolute Gasteiger partial charge is 0.454 e. The van der Waals surface area contributed by atoms with Crippen molar-refractivity contribution in [1.82, 2.24) is 9.97 Å². The number of rotatable bonds is 2. The van der Waals surface area contributed by atoms with E-state index in [9.17, 15) is 0 Å². The van der Waals surface area contributed by atoms with Gasteiger partial charge in [0.2, 0.25) is 0 Å². The van der Waals surface area contributed by atoms with Gasteiger partial charge in [-0.3, -0.25) is 0 Å². The van der Waals surface area contributed by atoms with Crippen LogP contribution in [0.25, 0.3) is 32.6 Å². The van der Waals surface area contributed by atoms with Crippen molar-refractivity contribution in [3.8, 4) is 11.5 Å². The van der Waals surface area contributed by atoms with Gasteiger partial charge in [0.05, 0.1) is 16.0 Å². The summed E-state index contributed by atoms with van der Waals surface area (Å²) >= 11 is 6.45. The average molecular weight is 340 g/mol. The van der Waals surface area contributed by atoms with E-state index >= 15 is 0 Å². The highest BCUT2D eigenvalue weighted by Gasteiger charge is 2.20. The molecule has 3 aromatic heterocycles. The fourth-order valence-electron chi connectivity index (χ4n) is 2.59. The summed E-state index contributed by atoms with van der Waals surface area (Å²) in [7, 11) is 0. The van der Waals surface area contributed by atoms with Crippen molar-refractivity contribution < 1.29 is 4.42 Å². The zero-order chi connectivity index (χ0) is 16.1. The van der Waals surface area contributed by atoms with E-state index in [1.807, 2.05) is 37.3 Å². The summed E-state index contributed by atoms with van der Waals surface area (Å²) in [6.07, 6.45) is 0. The number of anilines is 1. The average Bonchev–Trinajstić information content (AvgIpc) is 3.08. The zero-order valence-corrected chi connectivity index (χ0v) is 13.8. The molecule has 0 fully saturated rings. The first-order chi connectivity index (χ1) is 11.0.